The Morgan fingerprint density at radius 1 is 0.867 bits per heavy atom. The average molecular weight is 423 g/mol. The maximum Gasteiger partial charge on any atom is 0.243 e. The van der Waals surface area contributed by atoms with Crippen LogP contribution in [0.3, 0.4) is 0 Å². The monoisotopic (exact) mass is 422 g/mol. The Hall–Kier alpha value is -2.64. The lowest BCUT2D eigenvalue weighted by molar-refractivity contribution is 0.177. The Labute approximate surface area is 177 Å². The predicted octanol–water partition coefficient (Wildman–Crippen LogP) is 3.76. The number of sulfonamides is 1. The Balaban J connectivity index is 1.24. The fourth-order valence-electron chi connectivity index (χ4n) is 4.78. The highest BCUT2D eigenvalue weighted by molar-refractivity contribution is 7.89. The molecule has 2 aliphatic heterocycles. The molecule has 7 heteroatoms. The van der Waals surface area contributed by atoms with Crippen molar-refractivity contribution in [2.75, 3.05) is 31.1 Å². The van der Waals surface area contributed by atoms with E-state index in [1.54, 1.807) is 28.6 Å². The number of aromatic nitrogens is 2. The number of rotatable bonds is 4. The van der Waals surface area contributed by atoms with E-state index in [1.807, 2.05) is 18.5 Å². The molecule has 0 saturated carbocycles. The number of nitrogens with zero attached hydrogens (tertiary/aromatic N) is 3. The van der Waals surface area contributed by atoms with E-state index in [0.29, 0.717) is 18.0 Å². The van der Waals surface area contributed by atoms with Gasteiger partial charge in [0.05, 0.1) is 11.1 Å². The molecule has 3 heterocycles. The fourth-order valence-corrected chi connectivity index (χ4v) is 6.24. The molecule has 0 amide bonds. The second kappa shape index (κ2) is 7.56. The van der Waals surface area contributed by atoms with Crippen LogP contribution in [0.25, 0.3) is 11.1 Å². The highest BCUT2D eigenvalue weighted by atomic mass is 32.2. The number of hydrogen-bond acceptors (Lipinski definition) is 4. The number of piperidine rings is 1. The molecule has 5 rings (SSSR count). The normalized spacial score (nSPS) is 19.4. The summed E-state index contributed by atoms with van der Waals surface area (Å²) in [5.74, 6) is 0. The quantitative estimate of drug-likeness (QED) is 0.695. The van der Waals surface area contributed by atoms with E-state index in [2.05, 4.69) is 39.4 Å². The smallest absolute Gasteiger partial charge is 0.243 e. The molecule has 156 valence electrons. The number of H-pyrrole nitrogens is 1. The third-order valence-electron chi connectivity index (χ3n) is 6.67. The Kier molecular flexibility index (Phi) is 4.87. The van der Waals surface area contributed by atoms with Crippen LogP contribution in [0.1, 0.15) is 19.3 Å². The van der Waals surface area contributed by atoms with Gasteiger partial charge in [-0.2, -0.15) is 9.40 Å². The van der Waals surface area contributed by atoms with Gasteiger partial charge in [-0.15, -0.1) is 0 Å². The zero-order chi connectivity index (χ0) is 20.6. The van der Waals surface area contributed by atoms with Gasteiger partial charge >= 0.3 is 0 Å². The van der Waals surface area contributed by atoms with E-state index in [-0.39, 0.29) is 5.41 Å². The fraction of sp³-hybridized carbons (Fsp3) is 0.348. The summed E-state index contributed by atoms with van der Waals surface area (Å²) in [5, 5.41) is 6.87. The summed E-state index contributed by atoms with van der Waals surface area (Å²) in [5.41, 5.74) is 3.69. The minimum atomic E-state index is -3.39. The molecule has 2 saturated heterocycles. The van der Waals surface area contributed by atoms with E-state index < -0.39 is 10.0 Å². The highest BCUT2D eigenvalue weighted by Gasteiger charge is 2.43. The third-order valence-corrected chi connectivity index (χ3v) is 8.58. The summed E-state index contributed by atoms with van der Waals surface area (Å²) >= 11 is 0. The van der Waals surface area contributed by atoms with Crippen molar-refractivity contribution in [1.82, 2.24) is 14.5 Å². The predicted molar refractivity (Wildman–Crippen MR) is 118 cm³/mol. The maximum absolute atomic E-state index is 12.9. The molecule has 2 fully saturated rings. The molecule has 1 N–H and O–H groups in total. The van der Waals surface area contributed by atoms with Crippen LogP contribution < -0.4 is 4.90 Å². The van der Waals surface area contributed by atoms with Gasteiger partial charge in [0.1, 0.15) is 0 Å². The first-order valence-electron chi connectivity index (χ1n) is 10.5. The summed E-state index contributed by atoms with van der Waals surface area (Å²) in [6.07, 6.45) is 6.69. The average Bonchev–Trinajstić information content (AvgIpc) is 3.46. The molecule has 30 heavy (non-hydrogen) atoms. The molecule has 1 spiro atoms. The van der Waals surface area contributed by atoms with Crippen molar-refractivity contribution in [3.05, 3.63) is 67.0 Å². The molecule has 0 atom stereocenters. The molecular formula is C23H26N4O2S. The Morgan fingerprint density at radius 2 is 1.57 bits per heavy atom. The third kappa shape index (κ3) is 3.52. The molecule has 0 unspecified atom stereocenters. The molecule has 1 aromatic heterocycles. The van der Waals surface area contributed by atoms with E-state index in [1.165, 1.54) is 5.69 Å². The van der Waals surface area contributed by atoms with Gasteiger partial charge in [-0.25, -0.2) is 8.42 Å². The molecule has 0 radical (unpaired) electrons. The number of benzene rings is 2. The van der Waals surface area contributed by atoms with Crippen LogP contribution in [-0.2, 0) is 10.0 Å². The summed E-state index contributed by atoms with van der Waals surface area (Å²) < 4.78 is 27.5. The number of aromatic amines is 1. The summed E-state index contributed by atoms with van der Waals surface area (Å²) in [6, 6.07) is 17.4. The van der Waals surface area contributed by atoms with Crippen molar-refractivity contribution in [2.45, 2.75) is 24.2 Å². The lowest BCUT2D eigenvalue weighted by Gasteiger charge is -2.38. The first kappa shape index (κ1) is 19.3. The zero-order valence-corrected chi connectivity index (χ0v) is 17.7. The van der Waals surface area contributed by atoms with Gasteiger partial charge in [0.25, 0.3) is 0 Å². The molecule has 2 aliphatic rings. The maximum atomic E-state index is 12.9. The van der Waals surface area contributed by atoms with Gasteiger partial charge in [0.15, 0.2) is 0 Å². The van der Waals surface area contributed by atoms with Crippen molar-refractivity contribution in [3.63, 3.8) is 0 Å². The van der Waals surface area contributed by atoms with E-state index in [4.69, 9.17) is 0 Å². The molecule has 2 aromatic carbocycles. The molecule has 0 aliphatic carbocycles. The van der Waals surface area contributed by atoms with Gasteiger partial charge in [-0.1, -0.05) is 30.3 Å². The van der Waals surface area contributed by atoms with Crippen LogP contribution in [0.15, 0.2) is 71.9 Å². The minimum absolute atomic E-state index is 0.214. The van der Waals surface area contributed by atoms with Crippen LogP contribution in [0.2, 0.25) is 0 Å². The van der Waals surface area contributed by atoms with E-state index >= 15 is 0 Å². The van der Waals surface area contributed by atoms with Gasteiger partial charge in [-0.05, 0) is 54.5 Å². The second-order valence-corrected chi connectivity index (χ2v) is 10.4. The van der Waals surface area contributed by atoms with Crippen LogP contribution in [0.4, 0.5) is 5.69 Å². The van der Waals surface area contributed by atoms with Gasteiger partial charge in [0.2, 0.25) is 10.0 Å². The van der Waals surface area contributed by atoms with E-state index in [9.17, 15) is 8.42 Å². The SMILES string of the molecule is O=S(=O)(c1ccccc1)N1CCC2(CCN(c3ccc(-c4cn[nH]c4)cc3)C2)CC1. The first-order valence-corrected chi connectivity index (χ1v) is 11.9. The van der Waals surface area contributed by atoms with Gasteiger partial charge in [0, 0.05) is 43.6 Å². The van der Waals surface area contributed by atoms with Gasteiger partial charge in [-0.3, -0.25) is 5.10 Å². The minimum Gasteiger partial charge on any atom is -0.371 e. The molecular weight excluding hydrogens is 396 g/mol. The molecule has 3 aromatic rings. The first-order chi connectivity index (χ1) is 14.6. The summed E-state index contributed by atoms with van der Waals surface area (Å²) in [7, 11) is -3.39. The lowest BCUT2D eigenvalue weighted by Crippen LogP contribution is -2.44. The van der Waals surface area contributed by atoms with Crippen molar-refractivity contribution in [1.29, 1.82) is 0 Å². The second-order valence-electron chi connectivity index (χ2n) is 8.42. The standard InChI is InChI=1S/C23H26N4O2S/c28-30(29,22-4-2-1-3-5-22)27-14-11-23(12-15-27)10-13-26(18-23)21-8-6-19(7-9-21)20-16-24-25-17-20/h1-9,16-17H,10-15,18H2,(H,24,25). The largest absolute Gasteiger partial charge is 0.371 e. The Morgan fingerprint density at radius 3 is 2.23 bits per heavy atom. The summed E-state index contributed by atoms with van der Waals surface area (Å²) in [6.45, 7) is 3.22. The van der Waals surface area contributed by atoms with Crippen LogP contribution in [0.5, 0.6) is 0 Å². The number of nitrogens with one attached hydrogen (secondary N) is 1. The Bertz CT molecular complexity index is 1090. The van der Waals surface area contributed by atoms with Crippen molar-refractivity contribution < 1.29 is 8.42 Å². The van der Waals surface area contributed by atoms with E-state index in [0.717, 1.165) is 43.5 Å². The molecule has 0 bridgehead atoms. The topological polar surface area (TPSA) is 69.3 Å². The summed E-state index contributed by atoms with van der Waals surface area (Å²) in [4.78, 5) is 2.84. The number of hydrogen-bond donors (Lipinski definition) is 1. The van der Waals surface area contributed by atoms with Crippen molar-refractivity contribution >= 4 is 15.7 Å². The lowest BCUT2D eigenvalue weighted by atomic mass is 9.78. The van der Waals surface area contributed by atoms with Crippen molar-refractivity contribution in [2.24, 2.45) is 5.41 Å². The van der Waals surface area contributed by atoms with Crippen LogP contribution in [-0.4, -0.2) is 49.1 Å². The van der Waals surface area contributed by atoms with Crippen molar-refractivity contribution in [3.8, 4) is 11.1 Å². The zero-order valence-electron chi connectivity index (χ0n) is 16.9. The molecule has 6 nitrogen and oxygen atoms in total. The number of anilines is 1. The van der Waals surface area contributed by atoms with Crippen LogP contribution >= 0.6 is 0 Å². The van der Waals surface area contributed by atoms with Crippen LogP contribution in [0, 0.1) is 5.41 Å². The highest BCUT2D eigenvalue weighted by Crippen LogP contribution is 2.43. The van der Waals surface area contributed by atoms with Gasteiger partial charge < -0.3 is 4.90 Å².